The molecule has 0 fully saturated rings. The molecule has 2 aromatic carbocycles. The van der Waals surface area contributed by atoms with Crippen LogP contribution in [-0.4, -0.2) is 17.6 Å². The molecule has 5 heteroatoms. The maximum atomic E-state index is 13.0. The van der Waals surface area contributed by atoms with Crippen LogP contribution in [0.1, 0.15) is 21.5 Å². The third kappa shape index (κ3) is 2.73. The summed E-state index contributed by atoms with van der Waals surface area (Å²) in [6, 6.07) is 9.11. The molecule has 0 spiro atoms. The number of nitrogens with one attached hydrogen (secondary N) is 2. The molecule has 1 aliphatic rings. The highest BCUT2D eigenvalue weighted by molar-refractivity contribution is 6.06. The highest BCUT2D eigenvalue weighted by atomic mass is 19.1. The van der Waals surface area contributed by atoms with E-state index in [9.17, 15) is 14.3 Å². The Hall–Kier alpha value is -2.40. The van der Waals surface area contributed by atoms with E-state index >= 15 is 0 Å². The number of halogens is 1. The molecule has 1 amide bonds. The Morgan fingerprint density at radius 2 is 2.14 bits per heavy atom. The molecule has 3 N–H and O–H groups in total. The molecule has 0 saturated heterocycles. The van der Waals surface area contributed by atoms with E-state index in [4.69, 9.17) is 0 Å². The lowest BCUT2D eigenvalue weighted by atomic mass is 9.99. The average molecular weight is 286 g/mol. The molecule has 0 bridgehead atoms. The standard InChI is InChI=1S/C16H15FN2O2/c17-11-4-5-12(15(20)8-11)16(21)19-14-3-1-2-10-6-7-18-9-13(10)14/h1-5,8,18,20H,6-7,9H2,(H,19,21). The molecule has 0 unspecified atom stereocenters. The van der Waals surface area contributed by atoms with Gasteiger partial charge in [-0.25, -0.2) is 4.39 Å². The minimum atomic E-state index is -0.578. The van der Waals surface area contributed by atoms with Crippen LogP contribution in [0.4, 0.5) is 10.1 Å². The van der Waals surface area contributed by atoms with Gasteiger partial charge in [-0.1, -0.05) is 12.1 Å². The second kappa shape index (κ2) is 5.54. The lowest BCUT2D eigenvalue weighted by Gasteiger charge is -2.20. The van der Waals surface area contributed by atoms with Crippen molar-refractivity contribution in [2.75, 3.05) is 11.9 Å². The predicted octanol–water partition coefficient (Wildman–Crippen LogP) is 2.43. The first-order valence-corrected chi connectivity index (χ1v) is 6.76. The Kier molecular flexibility index (Phi) is 3.58. The van der Waals surface area contributed by atoms with Gasteiger partial charge in [0.1, 0.15) is 11.6 Å². The molecule has 3 rings (SSSR count). The van der Waals surface area contributed by atoms with Gasteiger partial charge < -0.3 is 15.7 Å². The van der Waals surface area contributed by atoms with Gasteiger partial charge >= 0.3 is 0 Å². The Morgan fingerprint density at radius 1 is 1.29 bits per heavy atom. The van der Waals surface area contributed by atoms with Gasteiger partial charge in [0.05, 0.1) is 5.56 Å². The number of aromatic hydroxyl groups is 1. The molecule has 4 nitrogen and oxygen atoms in total. The zero-order valence-corrected chi connectivity index (χ0v) is 11.3. The van der Waals surface area contributed by atoms with E-state index in [1.165, 1.54) is 11.6 Å². The monoisotopic (exact) mass is 286 g/mol. The van der Waals surface area contributed by atoms with E-state index in [-0.39, 0.29) is 11.3 Å². The summed E-state index contributed by atoms with van der Waals surface area (Å²) in [5, 5.41) is 15.7. The minimum absolute atomic E-state index is 0.0535. The van der Waals surface area contributed by atoms with E-state index in [0.717, 1.165) is 30.7 Å². The van der Waals surface area contributed by atoms with E-state index in [1.54, 1.807) is 0 Å². The molecular formula is C16H15FN2O2. The number of hydrogen-bond acceptors (Lipinski definition) is 3. The van der Waals surface area contributed by atoms with Crippen molar-refractivity contribution in [3.63, 3.8) is 0 Å². The van der Waals surface area contributed by atoms with Crippen molar-refractivity contribution in [1.29, 1.82) is 0 Å². The zero-order chi connectivity index (χ0) is 14.8. The highest BCUT2D eigenvalue weighted by Gasteiger charge is 2.16. The van der Waals surface area contributed by atoms with E-state index < -0.39 is 11.7 Å². The van der Waals surface area contributed by atoms with Crippen molar-refractivity contribution in [2.24, 2.45) is 0 Å². The smallest absolute Gasteiger partial charge is 0.259 e. The van der Waals surface area contributed by atoms with Crippen LogP contribution in [0.15, 0.2) is 36.4 Å². The van der Waals surface area contributed by atoms with Gasteiger partial charge in [-0.3, -0.25) is 4.79 Å². The Bertz CT molecular complexity index is 701. The summed E-state index contributed by atoms with van der Waals surface area (Å²) in [4.78, 5) is 12.2. The van der Waals surface area contributed by atoms with Crippen LogP contribution in [0.3, 0.4) is 0 Å². The van der Waals surface area contributed by atoms with E-state index in [0.29, 0.717) is 12.2 Å². The normalized spacial score (nSPS) is 13.6. The molecule has 0 aromatic heterocycles. The van der Waals surface area contributed by atoms with Gasteiger partial charge in [0, 0.05) is 18.3 Å². The van der Waals surface area contributed by atoms with Crippen LogP contribution in [0.25, 0.3) is 0 Å². The first kappa shape index (κ1) is 13.6. The molecule has 2 aromatic rings. The fourth-order valence-electron chi connectivity index (χ4n) is 2.52. The molecule has 0 saturated carbocycles. The number of carbonyl (C=O) groups is 1. The molecule has 108 valence electrons. The van der Waals surface area contributed by atoms with E-state index in [2.05, 4.69) is 10.6 Å². The van der Waals surface area contributed by atoms with Gasteiger partial charge in [-0.2, -0.15) is 0 Å². The van der Waals surface area contributed by atoms with Gasteiger partial charge in [-0.05, 0) is 42.3 Å². The third-order valence-electron chi connectivity index (χ3n) is 3.60. The van der Waals surface area contributed by atoms with Crippen LogP contribution in [0, 0.1) is 5.82 Å². The molecule has 0 radical (unpaired) electrons. The number of rotatable bonds is 2. The summed E-state index contributed by atoms with van der Waals surface area (Å²) in [6.45, 7) is 1.62. The quantitative estimate of drug-likeness (QED) is 0.794. The molecule has 0 atom stereocenters. The summed E-state index contributed by atoms with van der Waals surface area (Å²) in [6.07, 6.45) is 0.918. The van der Waals surface area contributed by atoms with Crippen LogP contribution >= 0.6 is 0 Å². The van der Waals surface area contributed by atoms with Crippen molar-refractivity contribution >= 4 is 11.6 Å². The fraction of sp³-hybridized carbons (Fsp3) is 0.188. The number of hydrogen-bond donors (Lipinski definition) is 3. The molecule has 0 aliphatic carbocycles. The second-order valence-corrected chi connectivity index (χ2v) is 4.99. The van der Waals surface area contributed by atoms with E-state index in [1.807, 2.05) is 18.2 Å². The molecular weight excluding hydrogens is 271 g/mol. The Morgan fingerprint density at radius 3 is 2.95 bits per heavy atom. The lowest BCUT2D eigenvalue weighted by Crippen LogP contribution is -2.25. The Balaban J connectivity index is 1.88. The van der Waals surface area contributed by atoms with Gasteiger partial charge in [-0.15, -0.1) is 0 Å². The van der Waals surface area contributed by atoms with Crippen LogP contribution in [0.2, 0.25) is 0 Å². The molecule has 21 heavy (non-hydrogen) atoms. The van der Waals surface area contributed by atoms with Crippen LogP contribution in [-0.2, 0) is 13.0 Å². The largest absolute Gasteiger partial charge is 0.507 e. The summed E-state index contributed by atoms with van der Waals surface area (Å²) < 4.78 is 13.0. The number of phenols is 1. The number of fused-ring (bicyclic) bond motifs is 1. The van der Waals surface area contributed by atoms with Gasteiger partial charge in [0.2, 0.25) is 0 Å². The van der Waals surface area contributed by atoms with Crippen molar-refractivity contribution < 1.29 is 14.3 Å². The second-order valence-electron chi connectivity index (χ2n) is 4.99. The average Bonchev–Trinajstić information content (AvgIpc) is 2.47. The maximum Gasteiger partial charge on any atom is 0.259 e. The van der Waals surface area contributed by atoms with Crippen molar-refractivity contribution in [1.82, 2.24) is 5.32 Å². The summed E-state index contributed by atoms with van der Waals surface area (Å²) in [7, 11) is 0. The van der Waals surface area contributed by atoms with Crippen molar-refractivity contribution in [3.8, 4) is 5.75 Å². The minimum Gasteiger partial charge on any atom is -0.507 e. The third-order valence-corrected chi connectivity index (χ3v) is 3.60. The number of phenolic OH excluding ortho intramolecular Hbond substituents is 1. The highest BCUT2D eigenvalue weighted by Crippen LogP contribution is 2.25. The van der Waals surface area contributed by atoms with Gasteiger partial charge in [0.15, 0.2) is 0 Å². The topological polar surface area (TPSA) is 61.4 Å². The summed E-state index contributed by atoms with van der Waals surface area (Å²) in [5.74, 6) is -1.40. The lowest BCUT2D eigenvalue weighted by molar-refractivity contribution is 0.102. The fourth-order valence-corrected chi connectivity index (χ4v) is 2.52. The number of amides is 1. The zero-order valence-electron chi connectivity index (χ0n) is 11.3. The van der Waals surface area contributed by atoms with Gasteiger partial charge in [0.25, 0.3) is 5.91 Å². The number of benzene rings is 2. The first-order chi connectivity index (χ1) is 10.1. The Labute approximate surface area is 121 Å². The van der Waals surface area contributed by atoms with Crippen molar-refractivity contribution in [2.45, 2.75) is 13.0 Å². The molecule has 1 aliphatic heterocycles. The van der Waals surface area contributed by atoms with Crippen LogP contribution in [0.5, 0.6) is 5.75 Å². The maximum absolute atomic E-state index is 13.0. The summed E-state index contributed by atoms with van der Waals surface area (Å²) in [5.41, 5.74) is 3.03. The predicted molar refractivity (Wildman–Crippen MR) is 77.9 cm³/mol. The SMILES string of the molecule is O=C(Nc1cccc2c1CNCC2)c1ccc(F)cc1O. The first-order valence-electron chi connectivity index (χ1n) is 6.76. The van der Waals surface area contributed by atoms with Crippen LogP contribution < -0.4 is 10.6 Å². The van der Waals surface area contributed by atoms with Crippen molar-refractivity contribution in [3.05, 3.63) is 58.9 Å². The molecule has 1 heterocycles. The number of carbonyl (C=O) groups excluding carboxylic acids is 1. The summed E-state index contributed by atoms with van der Waals surface area (Å²) >= 11 is 0. The number of anilines is 1.